The van der Waals surface area contributed by atoms with E-state index in [1.54, 1.807) is 0 Å². The molecule has 2 fully saturated rings. The summed E-state index contributed by atoms with van der Waals surface area (Å²) in [4.78, 5) is 17.5. The van der Waals surface area contributed by atoms with Gasteiger partial charge in [0.2, 0.25) is 5.91 Å². The number of halogens is 1. The van der Waals surface area contributed by atoms with Gasteiger partial charge in [-0.15, -0.1) is 0 Å². The Morgan fingerprint density at radius 1 is 0.903 bits per heavy atom. The molecular weight excluding hydrogens is 410 g/mol. The Balaban J connectivity index is 1.20. The van der Waals surface area contributed by atoms with Crippen molar-refractivity contribution in [3.05, 3.63) is 70.2 Å². The molecule has 2 aromatic rings. The molecule has 2 saturated heterocycles. The van der Waals surface area contributed by atoms with Crippen LogP contribution in [-0.2, 0) is 29.2 Å². The van der Waals surface area contributed by atoms with E-state index in [1.807, 2.05) is 12.1 Å². The molecule has 0 spiro atoms. The number of benzene rings is 2. The number of rotatable bonds is 7. The first-order valence-corrected chi connectivity index (χ1v) is 11.7. The number of nitrogens with zero attached hydrogens (tertiary/aromatic N) is 2. The number of morpholine rings is 1. The van der Waals surface area contributed by atoms with Gasteiger partial charge in [0.25, 0.3) is 0 Å². The molecule has 2 heterocycles. The van der Waals surface area contributed by atoms with Gasteiger partial charge in [0.15, 0.2) is 0 Å². The van der Waals surface area contributed by atoms with Crippen LogP contribution in [0.25, 0.3) is 0 Å². The number of nitrogens with one attached hydrogen (secondary N) is 1. The summed E-state index contributed by atoms with van der Waals surface area (Å²) in [5, 5.41) is 3.93. The summed E-state index contributed by atoms with van der Waals surface area (Å²) in [5.74, 6) is 0.294. The Bertz CT molecular complexity index is 844. The molecule has 6 heteroatoms. The van der Waals surface area contributed by atoms with Crippen molar-refractivity contribution in [2.45, 2.75) is 32.5 Å². The minimum atomic E-state index is 0.109. The van der Waals surface area contributed by atoms with Gasteiger partial charge in [0.05, 0.1) is 13.2 Å². The van der Waals surface area contributed by atoms with E-state index in [0.717, 1.165) is 70.3 Å². The van der Waals surface area contributed by atoms with E-state index in [9.17, 15) is 4.79 Å². The van der Waals surface area contributed by atoms with Gasteiger partial charge in [-0.05, 0) is 54.8 Å². The fourth-order valence-electron chi connectivity index (χ4n) is 4.39. The molecule has 0 atom stereocenters. The number of carbonyl (C=O) groups is 1. The Morgan fingerprint density at radius 2 is 1.55 bits per heavy atom. The highest BCUT2D eigenvalue weighted by Crippen LogP contribution is 2.20. The van der Waals surface area contributed by atoms with E-state index in [2.05, 4.69) is 51.5 Å². The molecule has 0 radical (unpaired) electrons. The van der Waals surface area contributed by atoms with Crippen LogP contribution in [-0.4, -0.2) is 55.1 Å². The van der Waals surface area contributed by atoms with Crippen LogP contribution in [0.3, 0.4) is 0 Å². The molecule has 4 rings (SSSR count). The maximum Gasteiger partial charge on any atom is 0.223 e. The predicted molar refractivity (Wildman–Crippen MR) is 124 cm³/mol. The van der Waals surface area contributed by atoms with Crippen molar-refractivity contribution in [3.63, 3.8) is 0 Å². The lowest BCUT2D eigenvalue weighted by Crippen LogP contribution is -2.40. The molecule has 5 nitrogen and oxygen atoms in total. The van der Waals surface area contributed by atoms with Crippen LogP contribution in [0, 0.1) is 5.92 Å². The third kappa shape index (κ3) is 6.78. The average Bonchev–Trinajstić information content (AvgIpc) is 2.80. The van der Waals surface area contributed by atoms with Crippen LogP contribution in [0.15, 0.2) is 48.5 Å². The average molecular weight is 442 g/mol. The molecule has 31 heavy (non-hydrogen) atoms. The first-order valence-electron chi connectivity index (χ1n) is 11.3. The molecule has 2 aliphatic rings. The van der Waals surface area contributed by atoms with Gasteiger partial charge in [-0.2, -0.15) is 0 Å². The Labute approximate surface area is 190 Å². The Morgan fingerprint density at radius 3 is 2.29 bits per heavy atom. The minimum Gasteiger partial charge on any atom is -0.379 e. The fourth-order valence-corrected chi connectivity index (χ4v) is 4.52. The fraction of sp³-hybridized carbons (Fsp3) is 0.480. The molecule has 2 aromatic carbocycles. The molecule has 166 valence electrons. The third-order valence-corrected chi connectivity index (χ3v) is 6.50. The van der Waals surface area contributed by atoms with Crippen molar-refractivity contribution in [1.82, 2.24) is 15.1 Å². The van der Waals surface area contributed by atoms with Crippen molar-refractivity contribution in [2.75, 3.05) is 39.4 Å². The zero-order valence-corrected chi connectivity index (χ0v) is 18.8. The second kappa shape index (κ2) is 11.1. The zero-order valence-electron chi connectivity index (χ0n) is 18.1. The van der Waals surface area contributed by atoms with Crippen molar-refractivity contribution < 1.29 is 9.53 Å². The van der Waals surface area contributed by atoms with Crippen molar-refractivity contribution in [2.24, 2.45) is 5.92 Å². The topological polar surface area (TPSA) is 44.8 Å². The second-order valence-electron chi connectivity index (χ2n) is 8.60. The van der Waals surface area contributed by atoms with Crippen LogP contribution in [0.4, 0.5) is 0 Å². The minimum absolute atomic E-state index is 0.109. The lowest BCUT2D eigenvalue weighted by atomic mass is 9.95. The first-order chi connectivity index (χ1) is 15.2. The number of hydrogen-bond donors (Lipinski definition) is 1. The van der Waals surface area contributed by atoms with E-state index in [1.165, 1.54) is 16.7 Å². The molecule has 2 aliphatic heterocycles. The molecule has 0 bridgehead atoms. The van der Waals surface area contributed by atoms with Crippen molar-refractivity contribution in [3.8, 4) is 0 Å². The van der Waals surface area contributed by atoms with Gasteiger partial charge < -0.3 is 10.1 Å². The van der Waals surface area contributed by atoms with E-state index < -0.39 is 0 Å². The van der Waals surface area contributed by atoms with Crippen LogP contribution in [0.1, 0.15) is 29.5 Å². The molecule has 0 unspecified atom stereocenters. The summed E-state index contributed by atoms with van der Waals surface area (Å²) in [6.45, 7) is 7.96. The quantitative estimate of drug-likeness (QED) is 0.711. The summed E-state index contributed by atoms with van der Waals surface area (Å²) in [5.41, 5.74) is 3.73. The monoisotopic (exact) mass is 441 g/mol. The van der Waals surface area contributed by atoms with E-state index in [-0.39, 0.29) is 11.8 Å². The largest absolute Gasteiger partial charge is 0.379 e. The van der Waals surface area contributed by atoms with E-state index in [0.29, 0.717) is 6.54 Å². The highest BCUT2D eigenvalue weighted by molar-refractivity contribution is 6.30. The molecule has 1 N–H and O–H groups in total. The van der Waals surface area contributed by atoms with Crippen LogP contribution in [0.5, 0.6) is 0 Å². The number of amides is 1. The maximum atomic E-state index is 12.7. The molecule has 1 amide bonds. The highest BCUT2D eigenvalue weighted by atomic mass is 35.5. The van der Waals surface area contributed by atoms with E-state index >= 15 is 0 Å². The van der Waals surface area contributed by atoms with Crippen molar-refractivity contribution in [1.29, 1.82) is 0 Å². The first kappa shape index (κ1) is 22.3. The molecule has 0 aliphatic carbocycles. The number of piperidine rings is 1. The lowest BCUT2D eigenvalue weighted by molar-refractivity contribution is -0.126. The molecule has 0 saturated carbocycles. The van der Waals surface area contributed by atoms with Crippen LogP contribution in [0.2, 0.25) is 5.02 Å². The molecule has 0 aromatic heterocycles. The number of likely N-dealkylation sites (tertiary alicyclic amines) is 1. The van der Waals surface area contributed by atoms with E-state index in [4.69, 9.17) is 16.3 Å². The van der Waals surface area contributed by atoms with Gasteiger partial charge >= 0.3 is 0 Å². The maximum absolute atomic E-state index is 12.7. The van der Waals surface area contributed by atoms with Gasteiger partial charge in [-0.25, -0.2) is 0 Å². The summed E-state index contributed by atoms with van der Waals surface area (Å²) < 4.78 is 5.43. The van der Waals surface area contributed by atoms with Gasteiger partial charge in [-0.3, -0.25) is 14.6 Å². The smallest absolute Gasteiger partial charge is 0.223 e. The van der Waals surface area contributed by atoms with Crippen LogP contribution < -0.4 is 5.32 Å². The Hall–Kier alpha value is -1.92. The third-order valence-electron chi connectivity index (χ3n) is 6.25. The normalized spacial score (nSPS) is 18.7. The summed E-state index contributed by atoms with van der Waals surface area (Å²) in [6.07, 6.45) is 1.83. The lowest BCUT2D eigenvalue weighted by Gasteiger charge is -2.31. The summed E-state index contributed by atoms with van der Waals surface area (Å²) >= 11 is 5.97. The zero-order chi connectivity index (χ0) is 21.5. The van der Waals surface area contributed by atoms with Crippen molar-refractivity contribution >= 4 is 17.5 Å². The molecular formula is C25H32ClN3O2. The van der Waals surface area contributed by atoms with Gasteiger partial charge in [0, 0.05) is 43.7 Å². The summed E-state index contributed by atoms with van der Waals surface area (Å²) in [6, 6.07) is 16.6. The van der Waals surface area contributed by atoms with Gasteiger partial charge in [-0.1, -0.05) is 48.0 Å². The highest BCUT2D eigenvalue weighted by Gasteiger charge is 2.24. The SMILES string of the molecule is O=C(NCc1cccc(CN2CCOCC2)c1)C1CCN(Cc2ccc(Cl)cc2)CC1. The number of ether oxygens (including phenoxy) is 1. The second-order valence-corrected chi connectivity index (χ2v) is 9.04. The standard InChI is InChI=1S/C25H32ClN3O2/c26-24-6-4-20(5-7-24)18-28-10-8-23(9-11-28)25(30)27-17-21-2-1-3-22(16-21)19-29-12-14-31-15-13-29/h1-7,16,23H,8-15,17-19H2,(H,27,30). The predicted octanol–water partition coefficient (Wildman–Crippen LogP) is 3.70. The number of hydrogen-bond acceptors (Lipinski definition) is 4. The number of carbonyl (C=O) groups excluding carboxylic acids is 1. The summed E-state index contributed by atoms with van der Waals surface area (Å²) in [7, 11) is 0. The Kier molecular flexibility index (Phi) is 7.97. The van der Waals surface area contributed by atoms with Gasteiger partial charge in [0.1, 0.15) is 0 Å². The van der Waals surface area contributed by atoms with Crippen LogP contribution >= 0.6 is 11.6 Å².